The zero-order chi connectivity index (χ0) is 14.5. The van der Waals surface area contributed by atoms with E-state index >= 15 is 0 Å². The van der Waals surface area contributed by atoms with Gasteiger partial charge in [0.05, 0.1) is 7.11 Å². The molecule has 0 bridgehead atoms. The second kappa shape index (κ2) is 7.28. The molecule has 1 N–H and O–H groups in total. The SMILES string of the molecule is COC(=O)C1(NCC(C)C)CCCC(CC(C)C)C1. The fourth-order valence-corrected chi connectivity index (χ4v) is 3.27. The largest absolute Gasteiger partial charge is 0.468 e. The molecule has 112 valence electrons. The third-order valence-electron chi connectivity index (χ3n) is 4.08. The molecule has 0 aromatic heterocycles. The summed E-state index contributed by atoms with van der Waals surface area (Å²) in [5, 5.41) is 3.51. The van der Waals surface area contributed by atoms with Crippen LogP contribution in [0.4, 0.5) is 0 Å². The Balaban J connectivity index is 2.74. The lowest BCUT2D eigenvalue weighted by Gasteiger charge is -2.40. The van der Waals surface area contributed by atoms with Crippen molar-refractivity contribution < 1.29 is 9.53 Å². The average molecular weight is 269 g/mol. The molecule has 2 unspecified atom stereocenters. The highest BCUT2D eigenvalue weighted by Crippen LogP contribution is 2.36. The van der Waals surface area contributed by atoms with Gasteiger partial charge in [-0.05, 0) is 43.6 Å². The Bertz CT molecular complexity index is 288. The second-order valence-electron chi connectivity index (χ2n) is 6.94. The van der Waals surface area contributed by atoms with Crippen LogP contribution in [0.5, 0.6) is 0 Å². The van der Waals surface area contributed by atoms with Gasteiger partial charge in [-0.1, -0.05) is 40.5 Å². The fourth-order valence-electron chi connectivity index (χ4n) is 3.27. The Hall–Kier alpha value is -0.570. The van der Waals surface area contributed by atoms with Crippen LogP contribution in [-0.4, -0.2) is 25.2 Å². The first kappa shape index (κ1) is 16.5. The summed E-state index contributed by atoms with van der Waals surface area (Å²) in [5.74, 6) is 1.82. The van der Waals surface area contributed by atoms with E-state index in [1.807, 2.05) is 0 Å². The molecule has 0 heterocycles. The van der Waals surface area contributed by atoms with Gasteiger partial charge in [-0.15, -0.1) is 0 Å². The maximum atomic E-state index is 12.2. The summed E-state index contributed by atoms with van der Waals surface area (Å²) >= 11 is 0. The monoisotopic (exact) mass is 269 g/mol. The van der Waals surface area contributed by atoms with Crippen LogP contribution in [0.25, 0.3) is 0 Å². The van der Waals surface area contributed by atoms with Crippen molar-refractivity contribution in [2.24, 2.45) is 17.8 Å². The zero-order valence-corrected chi connectivity index (χ0v) is 13.3. The third-order valence-corrected chi connectivity index (χ3v) is 4.08. The van der Waals surface area contributed by atoms with Crippen LogP contribution in [0.1, 0.15) is 59.8 Å². The highest BCUT2D eigenvalue weighted by atomic mass is 16.5. The van der Waals surface area contributed by atoms with E-state index in [1.54, 1.807) is 0 Å². The maximum Gasteiger partial charge on any atom is 0.326 e. The van der Waals surface area contributed by atoms with Gasteiger partial charge in [0, 0.05) is 0 Å². The first-order valence-electron chi connectivity index (χ1n) is 7.73. The molecule has 1 saturated carbocycles. The van der Waals surface area contributed by atoms with Crippen LogP contribution < -0.4 is 5.32 Å². The first-order valence-corrected chi connectivity index (χ1v) is 7.73. The van der Waals surface area contributed by atoms with Crippen molar-refractivity contribution >= 4 is 5.97 Å². The standard InChI is InChI=1S/C16H31NO2/c1-12(2)9-14-7-6-8-16(10-14,15(18)19-5)17-11-13(3)4/h12-14,17H,6-11H2,1-5H3. The van der Waals surface area contributed by atoms with Gasteiger partial charge in [-0.25, -0.2) is 0 Å². The molecule has 0 aliphatic heterocycles. The first-order chi connectivity index (χ1) is 8.89. The molecule has 1 aliphatic rings. The van der Waals surface area contributed by atoms with E-state index in [9.17, 15) is 4.79 Å². The van der Waals surface area contributed by atoms with E-state index in [4.69, 9.17) is 4.74 Å². The smallest absolute Gasteiger partial charge is 0.326 e. The molecule has 0 aromatic carbocycles. The average Bonchev–Trinajstić information content (AvgIpc) is 2.35. The molecule has 0 aromatic rings. The Labute approximate surface area is 118 Å². The summed E-state index contributed by atoms with van der Waals surface area (Å²) < 4.78 is 5.08. The number of hydrogen-bond acceptors (Lipinski definition) is 3. The topological polar surface area (TPSA) is 38.3 Å². The minimum Gasteiger partial charge on any atom is -0.468 e. The lowest BCUT2D eigenvalue weighted by Crippen LogP contribution is -2.56. The lowest BCUT2D eigenvalue weighted by atomic mass is 9.73. The molecular weight excluding hydrogens is 238 g/mol. The van der Waals surface area contributed by atoms with Gasteiger partial charge in [-0.3, -0.25) is 4.79 Å². The predicted molar refractivity (Wildman–Crippen MR) is 79.0 cm³/mol. The van der Waals surface area contributed by atoms with Crippen LogP contribution in [0.3, 0.4) is 0 Å². The number of carbonyl (C=O) groups is 1. The highest BCUT2D eigenvalue weighted by molar-refractivity contribution is 5.81. The van der Waals surface area contributed by atoms with Crippen molar-refractivity contribution in [1.29, 1.82) is 0 Å². The molecule has 3 nitrogen and oxygen atoms in total. The highest BCUT2D eigenvalue weighted by Gasteiger charge is 2.43. The van der Waals surface area contributed by atoms with Crippen molar-refractivity contribution in [1.82, 2.24) is 5.32 Å². The Morgan fingerprint density at radius 3 is 2.53 bits per heavy atom. The molecule has 1 aliphatic carbocycles. The molecule has 0 saturated heterocycles. The molecule has 1 rings (SSSR count). The zero-order valence-electron chi connectivity index (χ0n) is 13.3. The van der Waals surface area contributed by atoms with Gasteiger partial charge in [-0.2, -0.15) is 0 Å². The molecule has 3 heteroatoms. The number of methoxy groups -OCH3 is 1. The van der Waals surface area contributed by atoms with Crippen molar-refractivity contribution in [3.05, 3.63) is 0 Å². The van der Waals surface area contributed by atoms with Gasteiger partial charge in [0.2, 0.25) is 0 Å². The van der Waals surface area contributed by atoms with Gasteiger partial charge in [0.1, 0.15) is 5.54 Å². The van der Waals surface area contributed by atoms with E-state index < -0.39 is 5.54 Å². The van der Waals surface area contributed by atoms with Crippen LogP contribution in [-0.2, 0) is 9.53 Å². The number of rotatable bonds is 6. The van der Waals surface area contributed by atoms with Crippen LogP contribution in [0.2, 0.25) is 0 Å². The molecule has 1 fully saturated rings. The lowest BCUT2D eigenvalue weighted by molar-refractivity contribution is -0.151. The fraction of sp³-hybridized carbons (Fsp3) is 0.938. The second-order valence-corrected chi connectivity index (χ2v) is 6.94. The normalized spacial score (nSPS) is 27.8. The van der Waals surface area contributed by atoms with Crippen molar-refractivity contribution in [2.45, 2.75) is 65.3 Å². The van der Waals surface area contributed by atoms with E-state index in [2.05, 4.69) is 33.0 Å². The molecule has 19 heavy (non-hydrogen) atoms. The number of nitrogens with one attached hydrogen (secondary N) is 1. The molecule has 2 atom stereocenters. The Morgan fingerprint density at radius 1 is 1.32 bits per heavy atom. The van der Waals surface area contributed by atoms with Crippen LogP contribution >= 0.6 is 0 Å². The van der Waals surface area contributed by atoms with E-state index in [-0.39, 0.29) is 5.97 Å². The summed E-state index contributed by atoms with van der Waals surface area (Å²) in [6, 6.07) is 0. The summed E-state index contributed by atoms with van der Waals surface area (Å²) in [4.78, 5) is 12.2. The van der Waals surface area contributed by atoms with Gasteiger partial charge < -0.3 is 10.1 Å². The number of hydrogen-bond donors (Lipinski definition) is 1. The maximum absolute atomic E-state index is 12.2. The Morgan fingerprint density at radius 2 is 2.00 bits per heavy atom. The van der Waals surface area contributed by atoms with Crippen LogP contribution in [0, 0.1) is 17.8 Å². The van der Waals surface area contributed by atoms with Crippen molar-refractivity contribution in [2.75, 3.05) is 13.7 Å². The molecule has 0 radical (unpaired) electrons. The Kier molecular flexibility index (Phi) is 6.31. The van der Waals surface area contributed by atoms with Gasteiger partial charge >= 0.3 is 5.97 Å². The molecule has 0 spiro atoms. The van der Waals surface area contributed by atoms with Gasteiger partial charge in [0.15, 0.2) is 0 Å². The summed E-state index contributed by atoms with van der Waals surface area (Å²) in [6.45, 7) is 9.74. The number of carbonyl (C=O) groups excluding carboxylic acids is 1. The van der Waals surface area contributed by atoms with Crippen LogP contribution in [0.15, 0.2) is 0 Å². The molecule has 0 amide bonds. The minimum atomic E-state index is -0.434. The summed E-state index contributed by atoms with van der Waals surface area (Å²) in [6.07, 6.45) is 5.44. The molecular formula is C16H31NO2. The third kappa shape index (κ3) is 4.79. The van der Waals surface area contributed by atoms with E-state index in [0.717, 1.165) is 25.8 Å². The minimum absolute atomic E-state index is 0.0680. The van der Waals surface area contributed by atoms with E-state index in [0.29, 0.717) is 17.8 Å². The summed E-state index contributed by atoms with van der Waals surface area (Å²) in [7, 11) is 1.51. The van der Waals surface area contributed by atoms with Gasteiger partial charge in [0.25, 0.3) is 0 Å². The quantitative estimate of drug-likeness (QED) is 0.751. The van der Waals surface area contributed by atoms with Crippen molar-refractivity contribution in [3.8, 4) is 0 Å². The number of esters is 1. The van der Waals surface area contributed by atoms with E-state index in [1.165, 1.54) is 20.0 Å². The van der Waals surface area contributed by atoms with Crippen molar-refractivity contribution in [3.63, 3.8) is 0 Å². The summed E-state index contributed by atoms with van der Waals surface area (Å²) in [5.41, 5.74) is -0.434. The predicted octanol–water partition coefficient (Wildman–Crippen LogP) is 3.38. The number of ether oxygens (including phenoxy) is 1.